The van der Waals surface area contributed by atoms with Crippen molar-refractivity contribution in [2.24, 2.45) is 5.73 Å². The maximum absolute atomic E-state index is 5.98. The molecule has 0 radical (unpaired) electrons. The van der Waals surface area contributed by atoms with Crippen LogP contribution >= 0.6 is 0 Å². The van der Waals surface area contributed by atoms with Crippen molar-refractivity contribution in [3.63, 3.8) is 0 Å². The molecule has 0 aliphatic carbocycles. The Balaban J connectivity index is 2.02. The van der Waals surface area contributed by atoms with Gasteiger partial charge < -0.3 is 10.3 Å². The van der Waals surface area contributed by atoms with Gasteiger partial charge in [-0.3, -0.25) is 4.98 Å². The number of fused-ring (bicyclic) bond motifs is 1. The molecular formula is C18H21N3. The third-order valence-corrected chi connectivity index (χ3v) is 3.69. The van der Waals surface area contributed by atoms with Gasteiger partial charge in [-0.05, 0) is 44.0 Å². The molecule has 0 aliphatic heterocycles. The highest BCUT2D eigenvalue weighted by molar-refractivity contribution is 5.84. The first kappa shape index (κ1) is 13.8. The topological polar surface area (TPSA) is 43.8 Å². The fourth-order valence-corrected chi connectivity index (χ4v) is 2.83. The van der Waals surface area contributed by atoms with Gasteiger partial charge in [-0.25, -0.2) is 0 Å². The molecule has 0 aliphatic rings. The van der Waals surface area contributed by atoms with Gasteiger partial charge in [-0.2, -0.15) is 0 Å². The van der Waals surface area contributed by atoms with Crippen LogP contribution in [-0.4, -0.2) is 15.6 Å². The van der Waals surface area contributed by atoms with E-state index in [2.05, 4.69) is 52.1 Å². The van der Waals surface area contributed by atoms with Crippen molar-refractivity contribution in [2.75, 3.05) is 0 Å². The molecule has 0 spiro atoms. The second kappa shape index (κ2) is 5.70. The summed E-state index contributed by atoms with van der Waals surface area (Å²) in [5.74, 6) is 0. The molecule has 1 aromatic carbocycles. The zero-order valence-corrected chi connectivity index (χ0v) is 12.6. The molecule has 0 bridgehead atoms. The highest BCUT2D eigenvalue weighted by Gasteiger charge is 2.10. The Kier molecular flexibility index (Phi) is 3.76. The first-order chi connectivity index (χ1) is 10.1. The van der Waals surface area contributed by atoms with Crippen LogP contribution < -0.4 is 5.73 Å². The van der Waals surface area contributed by atoms with Crippen molar-refractivity contribution in [1.82, 2.24) is 9.55 Å². The summed E-state index contributed by atoms with van der Waals surface area (Å²) in [5, 5.41) is 1.29. The monoisotopic (exact) mass is 279 g/mol. The van der Waals surface area contributed by atoms with Gasteiger partial charge in [0.15, 0.2) is 0 Å². The molecule has 2 N–H and O–H groups in total. The Morgan fingerprint density at radius 3 is 2.71 bits per heavy atom. The Labute approximate surface area is 125 Å². The van der Waals surface area contributed by atoms with Crippen LogP contribution in [0.4, 0.5) is 0 Å². The number of nitrogens with two attached hydrogens (primary N) is 1. The molecule has 0 fully saturated rings. The van der Waals surface area contributed by atoms with E-state index in [-0.39, 0.29) is 6.04 Å². The molecule has 1 unspecified atom stereocenters. The number of aryl methyl sites for hydroxylation is 1. The first-order valence-electron chi connectivity index (χ1n) is 7.38. The normalized spacial score (nSPS) is 12.7. The first-order valence-corrected chi connectivity index (χ1v) is 7.38. The molecule has 1 atom stereocenters. The van der Waals surface area contributed by atoms with Crippen LogP contribution in [-0.2, 0) is 13.0 Å². The van der Waals surface area contributed by atoms with E-state index in [4.69, 9.17) is 5.73 Å². The summed E-state index contributed by atoms with van der Waals surface area (Å²) < 4.78 is 2.27. The minimum Gasteiger partial charge on any atom is -0.341 e. The molecule has 2 aromatic heterocycles. The fraction of sp³-hybridized carbons (Fsp3) is 0.278. The van der Waals surface area contributed by atoms with Crippen LogP contribution in [0, 0.1) is 6.92 Å². The molecule has 0 saturated heterocycles. The third kappa shape index (κ3) is 2.98. The van der Waals surface area contributed by atoms with Crippen LogP contribution in [0.3, 0.4) is 0 Å². The summed E-state index contributed by atoms with van der Waals surface area (Å²) in [5.41, 5.74) is 10.7. The summed E-state index contributed by atoms with van der Waals surface area (Å²) in [6.07, 6.45) is 3.12. The Morgan fingerprint density at radius 1 is 1.14 bits per heavy atom. The van der Waals surface area contributed by atoms with Gasteiger partial charge in [0.25, 0.3) is 0 Å². The Hall–Kier alpha value is -2.13. The largest absolute Gasteiger partial charge is 0.341 e. The minimum absolute atomic E-state index is 0.168. The van der Waals surface area contributed by atoms with Crippen LogP contribution in [0.15, 0.2) is 48.7 Å². The number of nitrogens with zero attached hydrogens (tertiary/aromatic N) is 2. The summed E-state index contributed by atoms with van der Waals surface area (Å²) in [6.45, 7) is 4.87. The summed E-state index contributed by atoms with van der Waals surface area (Å²) in [6, 6.07) is 14.8. The van der Waals surface area contributed by atoms with E-state index in [1.54, 1.807) is 0 Å². The lowest BCUT2D eigenvalue weighted by Crippen LogP contribution is -2.17. The smallest absolute Gasteiger partial charge is 0.0648 e. The van der Waals surface area contributed by atoms with Gasteiger partial charge >= 0.3 is 0 Å². The number of aromatic nitrogens is 2. The van der Waals surface area contributed by atoms with Crippen LogP contribution in [0.1, 0.15) is 23.9 Å². The fourth-order valence-electron chi connectivity index (χ4n) is 2.83. The standard InChI is InChI=1S/C18H21N3/c1-13(19)10-15-11-21(18-9-4-3-8-17(15)18)12-16-7-5-6-14(2)20-16/h3-9,11,13H,10,12,19H2,1-2H3. The maximum atomic E-state index is 5.98. The van der Waals surface area contributed by atoms with Gasteiger partial charge in [0.1, 0.15) is 0 Å². The average molecular weight is 279 g/mol. The quantitative estimate of drug-likeness (QED) is 0.796. The van der Waals surface area contributed by atoms with Gasteiger partial charge in [-0.1, -0.05) is 24.3 Å². The molecule has 2 heterocycles. The van der Waals surface area contributed by atoms with E-state index in [0.29, 0.717) is 0 Å². The van der Waals surface area contributed by atoms with Gasteiger partial charge in [0.2, 0.25) is 0 Å². The van der Waals surface area contributed by atoms with Crippen LogP contribution in [0.25, 0.3) is 10.9 Å². The molecule has 3 nitrogen and oxygen atoms in total. The van der Waals surface area contributed by atoms with E-state index in [1.165, 1.54) is 16.5 Å². The van der Waals surface area contributed by atoms with Gasteiger partial charge in [0, 0.05) is 28.8 Å². The summed E-state index contributed by atoms with van der Waals surface area (Å²) in [4.78, 5) is 4.60. The van der Waals surface area contributed by atoms with Crippen LogP contribution in [0.2, 0.25) is 0 Å². The van der Waals surface area contributed by atoms with Crippen LogP contribution in [0.5, 0.6) is 0 Å². The highest BCUT2D eigenvalue weighted by atomic mass is 15.0. The number of rotatable bonds is 4. The van der Waals surface area contributed by atoms with E-state index < -0.39 is 0 Å². The number of pyridine rings is 1. The molecule has 0 amide bonds. The van der Waals surface area contributed by atoms with E-state index in [9.17, 15) is 0 Å². The highest BCUT2D eigenvalue weighted by Crippen LogP contribution is 2.23. The van der Waals surface area contributed by atoms with E-state index in [1.807, 2.05) is 19.9 Å². The van der Waals surface area contributed by atoms with Crippen molar-refractivity contribution in [3.8, 4) is 0 Å². The molecule has 21 heavy (non-hydrogen) atoms. The lowest BCUT2D eigenvalue weighted by Gasteiger charge is -2.05. The zero-order chi connectivity index (χ0) is 14.8. The second-order valence-electron chi connectivity index (χ2n) is 5.75. The number of hydrogen-bond donors (Lipinski definition) is 1. The van der Waals surface area contributed by atoms with Gasteiger partial charge in [0.05, 0.1) is 12.2 Å². The maximum Gasteiger partial charge on any atom is 0.0648 e. The lowest BCUT2D eigenvalue weighted by molar-refractivity contribution is 0.732. The zero-order valence-electron chi connectivity index (χ0n) is 12.6. The van der Waals surface area contributed by atoms with Crippen molar-refractivity contribution in [2.45, 2.75) is 32.9 Å². The van der Waals surface area contributed by atoms with Crippen molar-refractivity contribution in [3.05, 3.63) is 65.6 Å². The Bertz CT molecular complexity index is 756. The molecule has 3 rings (SSSR count). The average Bonchev–Trinajstić information content (AvgIpc) is 2.77. The molecular weight excluding hydrogens is 258 g/mol. The number of benzene rings is 1. The van der Waals surface area contributed by atoms with Crippen molar-refractivity contribution in [1.29, 1.82) is 0 Å². The van der Waals surface area contributed by atoms with Crippen molar-refractivity contribution < 1.29 is 0 Å². The summed E-state index contributed by atoms with van der Waals surface area (Å²) >= 11 is 0. The molecule has 108 valence electrons. The molecule has 3 heteroatoms. The third-order valence-electron chi connectivity index (χ3n) is 3.69. The SMILES string of the molecule is Cc1cccc(Cn2cc(CC(C)N)c3ccccc32)n1. The van der Waals surface area contributed by atoms with E-state index >= 15 is 0 Å². The van der Waals surface area contributed by atoms with Gasteiger partial charge in [-0.15, -0.1) is 0 Å². The minimum atomic E-state index is 0.168. The predicted octanol–water partition coefficient (Wildman–Crippen LogP) is 3.28. The van der Waals surface area contributed by atoms with E-state index in [0.717, 1.165) is 24.4 Å². The Morgan fingerprint density at radius 2 is 1.95 bits per heavy atom. The molecule has 0 saturated carbocycles. The second-order valence-corrected chi connectivity index (χ2v) is 5.75. The van der Waals surface area contributed by atoms with Crippen molar-refractivity contribution >= 4 is 10.9 Å². The lowest BCUT2D eigenvalue weighted by atomic mass is 10.1. The predicted molar refractivity (Wildman–Crippen MR) is 87.4 cm³/mol. The summed E-state index contributed by atoms with van der Waals surface area (Å²) in [7, 11) is 0. The number of para-hydroxylation sites is 1. The number of hydrogen-bond acceptors (Lipinski definition) is 2. The molecule has 3 aromatic rings.